The van der Waals surface area contributed by atoms with Gasteiger partial charge in [0, 0.05) is 32.3 Å². The van der Waals surface area contributed by atoms with Crippen molar-refractivity contribution in [2.24, 2.45) is 14.1 Å². The molecule has 2 N–H and O–H groups in total. The number of hydrogen-bond donors (Lipinski definition) is 2. The van der Waals surface area contributed by atoms with Gasteiger partial charge < -0.3 is 10.6 Å². The van der Waals surface area contributed by atoms with Gasteiger partial charge in [-0.3, -0.25) is 23.5 Å². The lowest BCUT2D eigenvalue weighted by atomic mass is 10.0. The van der Waals surface area contributed by atoms with Gasteiger partial charge in [0.2, 0.25) is 11.8 Å². The molecule has 172 valence electrons. The van der Waals surface area contributed by atoms with Gasteiger partial charge in [0.15, 0.2) is 0 Å². The number of hydrogen-bond acceptors (Lipinski definition) is 4. The van der Waals surface area contributed by atoms with Crippen LogP contribution in [0.3, 0.4) is 0 Å². The maximum absolute atomic E-state index is 13.0. The lowest BCUT2D eigenvalue weighted by Crippen LogP contribution is -2.49. The van der Waals surface area contributed by atoms with Gasteiger partial charge in [-0.15, -0.1) is 0 Å². The van der Waals surface area contributed by atoms with E-state index < -0.39 is 23.2 Å². The SMILES string of the molecule is Cc1cccc(CC(=O)NC(Cc2ccccc2)C(=O)NCc2cc(=O)n(C)c(=O)n2C)c1. The van der Waals surface area contributed by atoms with E-state index in [1.807, 2.05) is 61.5 Å². The number of aromatic nitrogens is 2. The molecule has 33 heavy (non-hydrogen) atoms. The Morgan fingerprint density at radius 1 is 0.909 bits per heavy atom. The standard InChI is InChI=1S/C25H28N4O4/c1-17-8-7-11-19(12-17)14-22(30)27-21(13-18-9-5-4-6-10-18)24(32)26-16-20-15-23(31)29(3)25(33)28(20)2/h4-12,15,21H,13-14,16H2,1-3H3,(H,26,32)(H,27,30). The van der Waals surface area contributed by atoms with E-state index in [0.29, 0.717) is 12.1 Å². The highest BCUT2D eigenvalue weighted by Crippen LogP contribution is 2.07. The molecule has 0 aliphatic rings. The second-order valence-corrected chi connectivity index (χ2v) is 8.07. The summed E-state index contributed by atoms with van der Waals surface area (Å²) in [6.07, 6.45) is 0.463. The molecule has 1 heterocycles. The van der Waals surface area contributed by atoms with Gasteiger partial charge in [0.1, 0.15) is 6.04 Å². The Labute approximate surface area is 191 Å². The summed E-state index contributed by atoms with van der Waals surface area (Å²) < 4.78 is 2.30. The maximum Gasteiger partial charge on any atom is 0.330 e. The molecule has 0 radical (unpaired) electrons. The van der Waals surface area contributed by atoms with Crippen LogP contribution in [0.15, 0.2) is 70.3 Å². The molecule has 2 amide bonds. The number of benzene rings is 2. The highest BCUT2D eigenvalue weighted by atomic mass is 16.2. The highest BCUT2D eigenvalue weighted by molar-refractivity contribution is 5.88. The molecule has 3 aromatic rings. The van der Waals surface area contributed by atoms with E-state index in [-0.39, 0.29) is 18.9 Å². The number of carbonyl (C=O) groups excluding carboxylic acids is 2. The number of amides is 2. The van der Waals surface area contributed by atoms with E-state index in [2.05, 4.69) is 10.6 Å². The van der Waals surface area contributed by atoms with Crippen molar-refractivity contribution < 1.29 is 9.59 Å². The fourth-order valence-corrected chi connectivity index (χ4v) is 3.56. The highest BCUT2D eigenvalue weighted by Gasteiger charge is 2.22. The molecular formula is C25H28N4O4. The van der Waals surface area contributed by atoms with Crippen molar-refractivity contribution in [2.45, 2.75) is 32.4 Å². The quantitative estimate of drug-likeness (QED) is 0.536. The first-order valence-corrected chi connectivity index (χ1v) is 10.7. The average molecular weight is 449 g/mol. The Bertz CT molecular complexity index is 1260. The smallest absolute Gasteiger partial charge is 0.330 e. The number of nitrogens with one attached hydrogen (secondary N) is 2. The van der Waals surface area contributed by atoms with Crippen molar-refractivity contribution in [2.75, 3.05) is 0 Å². The van der Waals surface area contributed by atoms with Gasteiger partial charge in [-0.2, -0.15) is 0 Å². The van der Waals surface area contributed by atoms with E-state index in [1.54, 1.807) is 0 Å². The molecule has 0 bridgehead atoms. The van der Waals surface area contributed by atoms with Crippen LogP contribution in [0.25, 0.3) is 0 Å². The number of nitrogens with zero attached hydrogens (tertiary/aromatic N) is 2. The summed E-state index contributed by atoms with van der Waals surface area (Å²) in [7, 11) is 2.93. The second kappa shape index (κ2) is 10.6. The van der Waals surface area contributed by atoms with Gasteiger partial charge in [-0.25, -0.2) is 4.79 Å². The topological polar surface area (TPSA) is 102 Å². The van der Waals surface area contributed by atoms with Crippen molar-refractivity contribution in [3.8, 4) is 0 Å². The molecule has 0 saturated heterocycles. The van der Waals surface area contributed by atoms with E-state index >= 15 is 0 Å². The maximum atomic E-state index is 13.0. The average Bonchev–Trinajstić information content (AvgIpc) is 2.79. The summed E-state index contributed by atoms with van der Waals surface area (Å²) in [5.41, 5.74) is 2.27. The fourth-order valence-electron chi connectivity index (χ4n) is 3.56. The molecule has 8 nitrogen and oxygen atoms in total. The van der Waals surface area contributed by atoms with Crippen LogP contribution in [0.4, 0.5) is 0 Å². The number of aryl methyl sites for hydroxylation is 1. The van der Waals surface area contributed by atoms with Crippen LogP contribution in [0.5, 0.6) is 0 Å². The summed E-state index contributed by atoms with van der Waals surface area (Å²) in [6.45, 7) is 1.94. The zero-order valence-electron chi connectivity index (χ0n) is 19.0. The van der Waals surface area contributed by atoms with Crippen molar-refractivity contribution in [1.29, 1.82) is 0 Å². The molecule has 0 aliphatic heterocycles. The van der Waals surface area contributed by atoms with Crippen LogP contribution >= 0.6 is 0 Å². The van der Waals surface area contributed by atoms with Gasteiger partial charge in [0.05, 0.1) is 13.0 Å². The van der Waals surface area contributed by atoms with Gasteiger partial charge in [-0.1, -0.05) is 60.2 Å². The minimum absolute atomic E-state index is 0.0142. The van der Waals surface area contributed by atoms with Gasteiger partial charge in [0.25, 0.3) is 5.56 Å². The lowest BCUT2D eigenvalue weighted by Gasteiger charge is -2.19. The summed E-state index contributed by atoms with van der Waals surface area (Å²) in [4.78, 5) is 49.8. The Balaban J connectivity index is 1.74. The normalized spacial score (nSPS) is 11.6. The minimum Gasteiger partial charge on any atom is -0.349 e. The van der Waals surface area contributed by atoms with Gasteiger partial charge >= 0.3 is 5.69 Å². The molecule has 1 aromatic heterocycles. The van der Waals surface area contributed by atoms with Crippen LogP contribution < -0.4 is 21.9 Å². The molecule has 0 saturated carbocycles. The van der Waals surface area contributed by atoms with Crippen molar-refractivity contribution in [3.05, 3.63) is 104 Å². The first-order chi connectivity index (χ1) is 15.7. The zero-order valence-corrected chi connectivity index (χ0v) is 19.0. The first-order valence-electron chi connectivity index (χ1n) is 10.7. The first kappa shape index (κ1) is 23.7. The molecule has 0 spiro atoms. The Kier molecular flexibility index (Phi) is 7.61. The molecule has 8 heteroatoms. The molecular weight excluding hydrogens is 420 g/mol. The molecule has 0 aliphatic carbocycles. The predicted octanol–water partition coefficient (Wildman–Crippen LogP) is 0.979. The summed E-state index contributed by atoms with van der Waals surface area (Å²) in [5.74, 6) is -0.665. The molecule has 0 fully saturated rings. The van der Waals surface area contributed by atoms with Crippen LogP contribution in [-0.2, 0) is 43.1 Å². The third-order valence-electron chi connectivity index (χ3n) is 5.45. The van der Waals surface area contributed by atoms with Crippen LogP contribution in [0, 0.1) is 6.92 Å². The van der Waals surface area contributed by atoms with E-state index in [0.717, 1.165) is 21.3 Å². The van der Waals surface area contributed by atoms with Crippen molar-refractivity contribution in [1.82, 2.24) is 19.8 Å². The number of carbonyl (C=O) groups is 2. The third-order valence-corrected chi connectivity index (χ3v) is 5.45. The lowest BCUT2D eigenvalue weighted by molar-refractivity contribution is -0.128. The van der Waals surface area contributed by atoms with Gasteiger partial charge in [-0.05, 0) is 18.1 Å². The largest absolute Gasteiger partial charge is 0.349 e. The molecule has 2 aromatic carbocycles. The van der Waals surface area contributed by atoms with Crippen molar-refractivity contribution >= 4 is 11.8 Å². The fraction of sp³-hybridized carbons (Fsp3) is 0.280. The third kappa shape index (κ3) is 6.29. The minimum atomic E-state index is -0.812. The summed E-state index contributed by atoms with van der Waals surface area (Å²) in [6, 6.07) is 17.5. The summed E-state index contributed by atoms with van der Waals surface area (Å²) in [5, 5.41) is 5.58. The monoisotopic (exact) mass is 448 g/mol. The molecule has 3 rings (SSSR count). The Morgan fingerprint density at radius 2 is 1.61 bits per heavy atom. The Hall–Kier alpha value is -3.94. The van der Waals surface area contributed by atoms with E-state index in [4.69, 9.17) is 0 Å². The Morgan fingerprint density at radius 3 is 2.30 bits per heavy atom. The van der Waals surface area contributed by atoms with Crippen LogP contribution in [0.1, 0.15) is 22.4 Å². The van der Waals surface area contributed by atoms with E-state index in [1.165, 1.54) is 24.7 Å². The van der Waals surface area contributed by atoms with Crippen LogP contribution in [0.2, 0.25) is 0 Å². The van der Waals surface area contributed by atoms with E-state index in [9.17, 15) is 19.2 Å². The predicted molar refractivity (Wildman–Crippen MR) is 126 cm³/mol. The zero-order chi connectivity index (χ0) is 24.0. The van der Waals surface area contributed by atoms with Crippen LogP contribution in [-0.4, -0.2) is 27.0 Å². The second-order valence-electron chi connectivity index (χ2n) is 8.07. The summed E-state index contributed by atoms with van der Waals surface area (Å²) >= 11 is 0. The molecule has 1 atom stereocenters. The number of rotatable bonds is 8. The van der Waals surface area contributed by atoms with Crippen molar-refractivity contribution in [3.63, 3.8) is 0 Å². The molecule has 1 unspecified atom stereocenters.